The SMILES string of the molecule is COc1cc(N2CCN(C(=O)CCc3ccc(F)c(Cl)c3)CC2)nc(C)n1. The van der Waals surface area contributed by atoms with Gasteiger partial charge in [-0.05, 0) is 31.0 Å². The largest absolute Gasteiger partial charge is 0.481 e. The number of amides is 1. The van der Waals surface area contributed by atoms with Crippen LogP contribution in [0.25, 0.3) is 0 Å². The van der Waals surface area contributed by atoms with Gasteiger partial charge in [0.05, 0.1) is 12.1 Å². The Morgan fingerprint density at radius 3 is 2.63 bits per heavy atom. The fourth-order valence-corrected chi connectivity index (χ4v) is 3.28. The first-order chi connectivity index (χ1) is 13.0. The Kier molecular flexibility index (Phi) is 6.11. The van der Waals surface area contributed by atoms with Crippen molar-refractivity contribution < 1.29 is 13.9 Å². The molecule has 1 aliphatic heterocycles. The highest BCUT2D eigenvalue weighted by Crippen LogP contribution is 2.20. The summed E-state index contributed by atoms with van der Waals surface area (Å²) in [6, 6.07) is 6.38. The second-order valence-corrected chi connectivity index (χ2v) is 6.84. The van der Waals surface area contributed by atoms with Gasteiger partial charge in [0.1, 0.15) is 17.5 Å². The van der Waals surface area contributed by atoms with Gasteiger partial charge in [-0.3, -0.25) is 4.79 Å². The summed E-state index contributed by atoms with van der Waals surface area (Å²) >= 11 is 5.79. The van der Waals surface area contributed by atoms with E-state index in [9.17, 15) is 9.18 Å². The molecular weight excluding hydrogens is 371 g/mol. The van der Waals surface area contributed by atoms with Gasteiger partial charge in [0, 0.05) is 38.7 Å². The van der Waals surface area contributed by atoms with E-state index in [4.69, 9.17) is 16.3 Å². The van der Waals surface area contributed by atoms with Crippen molar-refractivity contribution in [3.63, 3.8) is 0 Å². The van der Waals surface area contributed by atoms with Crippen molar-refractivity contribution in [1.82, 2.24) is 14.9 Å². The average Bonchev–Trinajstić information content (AvgIpc) is 2.68. The highest BCUT2D eigenvalue weighted by Gasteiger charge is 2.22. The van der Waals surface area contributed by atoms with Crippen LogP contribution in [0, 0.1) is 12.7 Å². The number of halogens is 2. The topological polar surface area (TPSA) is 58.6 Å². The first-order valence-electron chi connectivity index (χ1n) is 8.82. The van der Waals surface area contributed by atoms with E-state index in [0.29, 0.717) is 50.7 Å². The number of nitrogens with zero attached hydrogens (tertiary/aromatic N) is 4. The molecule has 1 aromatic heterocycles. The number of methoxy groups -OCH3 is 1. The third kappa shape index (κ3) is 4.86. The molecule has 0 N–H and O–H groups in total. The van der Waals surface area contributed by atoms with Crippen molar-refractivity contribution in [2.75, 3.05) is 38.2 Å². The number of hydrogen-bond donors (Lipinski definition) is 0. The molecule has 0 spiro atoms. The molecule has 144 valence electrons. The predicted molar refractivity (Wildman–Crippen MR) is 102 cm³/mol. The lowest BCUT2D eigenvalue weighted by molar-refractivity contribution is -0.131. The van der Waals surface area contributed by atoms with Gasteiger partial charge in [-0.15, -0.1) is 0 Å². The zero-order valence-electron chi connectivity index (χ0n) is 15.4. The summed E-state index contributed by atoms with van der Waals surface area (Å²) in [5.74, 6) is 1.65. The van der Waals surface area contributed by atoms with Gasteiger partial charge >= 0.3 is 0 Å². The molecule has 2 aromatic rings. The quantitative estimate of drug-likeness (QED) is 0.783. The minimum atomic E-state index is -0.445. The van der Waals surface area contributed by atoms with E-state index in [0.717, 1.165) is 11.4 Å². The van der Waals surface area contributed by atoms with Crippen LogP contribution in [0.3, 0.4) is 0 Å². The van der Waals surface area contributed by atoms with Gasteiger partial charge in [-0.2, -0.15) is 4.98 Å². The standard InChI is InChI=1S/C19H22ClFN4O2/c1-13-22-17(12-18(23-13)27-2)24-7-9-25(10-8-24)19(26)6-4-14-3-5-16(21)15(20)11-14/h3,5,11-12H,4,6-10H2,1-2H3. The summed E-state index contributed by atoms with van der Waals surface area (Å²) in [7, 11) is 1.58. The lowest BCUT2D eigenvalue weighted by atomic mass is 10.1. The molecule has 2 heterocycles. The van der Waals surface area contributed by atoms with Crippen molar-refractivity contribution in [2.45, 2.75) is 19.8 Å². The maximum Gasteiger partial charge on any atom is 0.223 e. The molecule has 0 unspecified atom stereocenters. The minimum Gasteiger partial charge on any atom is -0.481 e. The van der Waals surface area contributed by atoms with Crippen molar-refractivity contribution in [1.29, 1.82) is 0 Å². The molecule has 6 nitrogen and oxygen atoms in total. The Balaban J connectivity index is 1.53. The number of aromatic nitrogens is 2. The highest BCUT2D eigenvalue weighted by atomic mass is 35.5. The van der Waals surface area contributed by atoms with Gasteiger partial charge < -0.3 is 14.5 Å². The smallest absolute Gasteiger partial charge is 0.223 e. The van der Waals surface area contributed by atoms with Crippen LogP contribution in [0.4, 0.5) is 10.2 Å². The summed E-state index contributed by atoms with van der Waals surface area (Å²) < 4.78 is 18.4. The molecule has 1 aromatic carbocycles. The van der Waals surface area contributed by atoms with Crippen molar-refractivity contribution >= 4 is 23.3 Å². The normalized spacial score (nSPS) is 14.4. The molecule has 3 rings (SSSR count). The Labute approximate surface area is 162 Å². The number of carbonyl (C=O) groups is 1. The van der Waals surface area contributed by atoms with Crippen LogP contribution in [0.5, 0.6) is 5.88 Å². The van der Waals surface area contributed by atoms with E-state index in [1.54, 1.807) is 19.2 Å². The summed E-state index contributed by atoms with van der Waals surface area (Å²) in [6.07, 6.45) is 0.920. The van der Waals surface area contributed by atoms with Crippen LogP contribution in [-0.2, 0) is 11.2 Å². The lowest BCUT2D eigenvalue weighted by Crippen LogP contribution is -2.49. The number of carbonyl (C=O) groups excluding carboxylic acids is 1. The Hall–Kier alpha value is -2.41. The molecule has 0 atom stereocenters. The van der Waals surface area contributed by atoms with Crippen LogP contribution < -0.4 is 9.64 Å². The molecule has 8 heteroatoms. The molecule has 0 saturated carbocycles. The summed E-state index contributed by atoms with van der Waals surface area (Å²) in [5, 5.41) is 0.0872. The average molecular weight is 393 g/mol. The number of ether oxygens (including phenoxy) is 1. The van der Waals surface area contributed by atoms with E-state index in [1.807, 2.05) is 17.9 Å². The van der Waals surface area contributed by atoms with Crippen molar-refractivity contribution in [3.05, 3.63) is 46.5 Å². The summed E-state index contributed by atoms with van der Waals surface area (Å²) in [4.78, 5) is 25.1. The molecule has 1 amide bonds. The zero-order chi connectivity index (χ0) is 19.4. The maximum atomic E-state index is 13.2. The van der Waals surface area contributed by atoms with Crippen LogP contribution in [-0.4, -0.2) is 54.1 Å². The molecule has 0 bridgehead atoms. The highest BCUT2D eigenvalue weighted by molar-refractivity contribution is 6.30. The van der Waals surface area contributed by atoms with E-state index in [2.05, 4.69) is 14.9 Å². The molecular formula is C19H22ClFN4O2. The number of aryl methyl sites for hydroxylation is 2. The Bertz CT molecular complexity index is 825. The van der Waals surface area contributed by atoms with Gasteiger partial charge in [0.15, 0.2) is 0 Å². The fourth-order valence-electron chi connectivity index (χ4n) is 3.08. The third-order valence-corrected chi connectivity index (χ3v) is 4.87. The van der Waals surface area contributed by atoms with Crippen LogP contribution >= 0.6 is 11.6 Å². The first-order valence-corrected chi connectivity index (χ1v) is 9.20. The second-order valence-electron chi connectivity index (χ2n) is 6.43. The van der Waals surface area contributed by atoms with Gasteiger partial charge in [0.2, 0.25) is 11.8 Å². The minimum absolute atomic E-state index is 0.0872. The zero-order valence-corrected chi connectivity index (χ0v) is 16.2. The van der Waals surface area contributed by atoms with E-state index < -0.39 is 5.82 Å². The van der Waals surface area contributed by atoms with E-state index >= 15 is 0 Å². The lowest BCUT2D eigenvalue weighted by Gasteiger charge is -2.35. The molecule has 27 heavy (non-hydrogen) atoms. The molecule has 0 radical (unpaired) electrons. The van der Waals surface area contributed by atoms with E-state index in [-0.39, 0.29) is 10.9 Å². The van der Waals surface area contributed by atoms with Crippen LogP contribution in [0.1, 0.15) is 17.8 Å². The Morgan fingerprint density at radius 1 is 1.22 bits per heavy atom. The number of hydrogen-bond acceptors (Lipinski definition) is 5. The number of benzene rings is 1. The molecule has 1 saturated heterocycles. The van der Waals surface area contributed by atoms with Gasteiger partial charge in [-0.25, -0.2) is 9.37 Å². The first kappa shape index (κ1) is 19.4. The van der Waals surface area contributed by atoms with Gasteiger partial charge in [0.25, 0.3) is 0 Å². The Morgan fingerprint density at radius 2 is 1.96 bits per heavy atom. The second kappa shape index (κ2) is 8.52. The fraction of sp³-hybridized carbons (Fsp3) is 0.421. The predicted octanol–water partition coefficient (Wildman–Crippen LogP) is 2.87. The summed E-state index contributed by atoms with van der Waals surface area (Å²) in [6.45, 7) is 4.50. The van der Waals surface area contributed by atoms with Crippen LogP contribution in [0.15, 0.2) is 24.3 Å². The van der Waals surface area contributed by atoms with Gasteiger partial charge in [-0.1, -0.05) is 17.7 Å². The number of anilines is 1. The maximum absolute atomic E-state index is 13.2. The number of piperazine rings is 1. The van der Waals surface area contributed by atoms with Crippen molar-refractivity contribution in [3.8, 4) is 5.88 Å². The monoisotopic (exact) mass is 392 g/mol. The van der Waals surface area contributed by atoms with Crippen molar-refractivity contribution in [2.24, 2.45) is 0 Å². The third-order valence-electron chi connectivity index (χ3n) is 4.58. The van der Waals surface area contributed by atoms with E-state index in [1.165, 1.54) is 6.07 Å². The van der Waals surface area contributed by atoms with Crippen LogP contribution in [0.2, 0.25) is 5.02 Å². The molecule has 1 fully saturated rings. The number of rotatable bonds is 5. The molecule has 0 aliphatic carbocycles. The molecule has 1 aliphatic rings. The summed E-state index contributed by atoms with van der Waals surface area (Å²) in [5.41, 5.74) is 0.858.